The Morgan fingerprint density at radius 2 is 2.08 bits per heavy atom. The number of rotatable bonds is 2. The van der Waals surface area contributed by atoms with Gasteiger partial charge in [0.05, 0.1) is 6.61 Å². The lowest BCUT2D eigenvalue weighted by atomic mass is 9.97. The van der Waals surface area contributed by atoms with Crippen LogP contribution in [-0.2, 0) is 5.41 Å². The van der Waals surface area contributed by atoms with Crippen molar-refractivity contribution in [2.24, 2.45) is 0 Å². The second-order valence-corrected chi connectivity index (χ2v) is 4.01. The predicted octanol–water partition coefficient (Wildman–Crippen LogP) is 2.07. The van der Waals surface area contributed by atoms with Gasteiger partial charge in [-0.3, -0.25) is 0 Å². The number of hydrogen-bond donors (Lipinski definition) is 2. The predicted molar refractivity (Wildman–Crippen MR) is 51.1 cm³/mol. The van der Waals surface area contributed by atoms with Crippen molar-refractivity contribution in [1.29, 1.82) is 0 Å². The van der Waals surface area contributed by atoms with Crippen LogP contribution in [0, 0.1) is 0 Å². The van der Waals surface area contributed by atoms with Crippen LogP contribution in [-0.4, -0.2) is 16.8 Å². The lowest BCUT2D eigenvalue weighted by molar-refractivity contribution is 0.255. The summed E-state index contributed by atoms with van der Waals surface area (Å²) in [6.45, 7) is 0.136. The van der Waals surface area contributed by atoms with Crippen LogP contribution in [0.5, 0.6) is 5.75 Å². The molecule has 1 aliphatic rings. The molecule has 0 unspecified atom stereocenters. The maximum absolute atomic E-state index is 9.18. The zero-order valence-electron chi connectivity index (χ0n) is 7.13. The number of aromatic hydroxyl groups is 1. The van der Waals surface area contributed by atoms with Gasteiger partial charge in [0.2, 0.25) is 0 Å². The van der Waals surface area contributed by atoms with Crippen LogP contribution in [0.3, 0.4) is 0 Å². The van der Waals surface area contributed by atoms with Crippen molar-refractivity contribution >= 4 is 11.6 Å². The maximum Gasteiger partial charge on any atom is 0.117 e. The van der Waals surface area contributed by atoms with Crippen LogP contribution in [0.4, 0.5) is 0 Å². The summed E-state index contributed by atoms with van der Waals surface area (Å²) in [5, 5.41) is 18.9. The van der Waals surface area contributed by atoms with Gasteiger partial charge in [0, 0.05) is 10.4 Å². The number of aliphatic hydroxyl groups excluding tert-OH is 1. The highest BCUT2D eigenvalue weighted by Gasteiger charge is 2.44. The van der Waals surface area contributed by atoms with Crippen molar-refractivity contribution in [3.05, 3.63) is 28.8 Å². The van der Waals surface area contributed by atoms with Crippen molar-refractivity contribution in [2.45, 2.75) is 18.3 Å². The molecule has 2 rings (SSSR count). The van der Waals surface area contributed by atoms with Crippen LogP contribution in [0.2, 0.25) is 5.02 Å². The second-order valence-electron chi connectivity index (χ2n) is 3.60. The van der Waals surface area contributed by atoms with Crippen LogP contribution in [0.25, 0.3) is 0 Å². The first-order valence-corrected chi connectivity index (χ1v) is 4.66. The van der Waals surface area contributed by atoms with Gasteiger partial charge in [-0.1, -0.05) is 17.7 Å². The van der Waals surface area contributed by atoms with E-state index >= 15 is 0 Å². The first kappa shape index (κ1) is 8.85. The third-order valence-electron chi connectivity index (χ3n) is 2.68. The van der Waals surface area contributed by atoms with E-state index in [1.165, 1.54) is 6.07 Å². The molecule has 0 bridgehead atoms. The van der Waals surface area contributed by atoms with Crippen LogP contribution in [0.15, 0.2) is 18.2 Å². The van der Waals surface area contributed by atoms with E-state index in [1.807, 2.05) is 0 Å². The van der Waals surface area contributed by atoms with Crippen LogP contribution >= 0.6 is 11.6 Å². The molecule has 13 heavy (non-hydrogen) atoms. The minimum atomic E-state index is -0.120. The number of hydrogen-bond acceptors (Lipinski definition) is 2. The first-order chi connectivity index (χ1) is 6.18. The summed E-state index contributed by atoms with van der Waals surface area (Å²) >= 11 is 5.96. The summed E-state index contributed by atoms with van der Waals surface area (Å²) in [4.78, 5) is 0. The van der Waals surface area contributed by atoms with Gasteiger partial charge in [-0.2, -0.15) is 0 Å². The SMILES string of the molecule is OCC1(c2ccc(O)cc2Cl)CC1. The zero-order valence-corrected chi connectivity index (χ0v) is 7.88. The van der Waals surface area contributed by atoms with Crippen molar-refractivity contribution < 1.29 is 10.2 Å². The van der Waals surface area contributed by atoms with Gasteiger partial charge in [-0.15, -0.1) is 0 Å². The molecule has 2 N–H and O–H groups in total. The molecule has 0 aromatic heterocycles. The Balaban J connectivity index is 2.41. The third-order valence-corrected chi connectivity index (χ3v) is 2.99. The monoisotopic (exact) mass is 198 g/mol. The summed E-state index contributed by atoms with van der Waals surface area (Å²) in [6.07, 6.45) is 1.96. The van der Waals surface area contributed by atoms with Gasteiger partial charge in [0.15, 0.2) is 0 Å². The fraction of sp³-hybridized carbons (Fsp3) is 0.400. The topological polar surface area (TPSA) is 40.5 Å². The van der Waals surface area contributed by atoms with Gasteiger partial charge >= 0.3 is 0 Å². The maximum atomic E-state index is 9.18. The molecular formula is C10H11ClO2. The van der Waals surface area contributed by atoms with Gasteiger partial charge in [0.25, 0.3) is 0 Å². The Hall–Kier alpha value is -0.730. The Labute approximate surface area is 81.8 Å². The van der Waals surface area contributed by atoms with E-state index in [0.717, 1.165) is 18.4 Å². The largest absolute Gasteiger partial charge is 0.508 e. The fourth-order valence-corrected chi connectivity index (χ4v) is 1.97. The summed E-state index contributed by atoms with van der Waals surface area (Å²) in [6, 6.07) is 4.92. The van der Waals surface area contributed by atoms with E-state index in [2.05, 4.69) is 0 Å². The quantitative estimate of drug-likeness (QED) is 0.764. The Kier molecular flexibility index (Phi) is 1.97. The molecule has 0 aliphatic heterocycles. The molecule has 0 saturated heterocycles. The molecule has 1 aliphatic carbocycles. The van der Waals surface area contributed by atoms with E-state index in [4.69, 9.17) is 16.7 Å². The zero-order chi connectivity index (χ0) is 9.47. The molecule has 70 valence electrons. The molecule has 0 spiro atoms. The molecule has 1 fully saturated rings. The normalized spacial score (nSPS) is 18.6. The molecule has 3 heteroatoms. The Bertz CT molecular complexity index is 332. The standard InChI is InChI=1S/C10H11ClO2/c11-9-5-7(13)1-2-8(9)10(6-12)3-4-10/h1-2,5,12-13H,3-4,6H2. The molecule has 0 amide bonds. The summed E-state index contributed by atoms with van der Waals surface area (Å²) in [7, 11) is 0. The number of aliphatic hydroxyl groups is 1. The molecular weight excluding hydrogens is 188 g/mol. The summed E-state index contributed by atoms with van der Waals surface area (Å²) < 4.78 is 0. The van der Waals surface area contributed by atoms with Crippen molar-refractivity contribution in [1.82, 2.24) is 0 Å². The number of benzene rings is 1. The van der Waals surface area contributed by atoms with Crippen LogP contribution < -0.4 is 0 Å². The average molecular weight is 199 g/mol. The summed E-state index contributed by atoms with van der Waals surface area (Å²) in [5.74, 6) is 0.169. The third kappa shape index (κ3) is 1.40. The smallest absolute Gasteiger partial charge is 0.117 e. The Morgan fingerprint density at radius 1 is 1.38 bits per heavy atom. The van der Waals surface area contributed by atoms with Crippen LogP contribution in [0.1, 0.15) is 18.4 Å². The molecule has 0 atom stereocenters. The number of phenols is 1. The van der Waals surface area contributed by atoms with Crippen molar-refractivity contribution in [2.75, 3.05) is 6.61 Å². The molecule has 0 radical (unpaired) electrons. The summed E-state index contributed by atoms with van der Waals surface area (Å²) in [5.41, 5.74) is 0.833. The average Bonchev–Trinajstić information content (AvgIpc) is 2.85. The van der Waals surface area contributed by atoms with E-state index in [1.54, 1.807) is 12.1 Å². The molecule has 1 aromatic carbocycles. The van der Waals surface area contributed by atoms with E-state index in [9.17, 15) is 5.11 Å². The second kappa shape index (κ2) is 2.89. The van der Waals surface area contributed by atoms with Gasteiger partial charge < -0.3 is 10.2 Å². The minimum Gasteiger partial charge on any atom is -0.508 e. The van der Waals surface area contributed by atoms with Gasteiger partial charge in [-0.05, 0) is 30.5 Å². The molecule has 2 nitrogen and oxygen atoms in total. The fourth-order valence-electron chi connectivity index (χ4n) is 1.60. The van der Waals surface area contributed by atoms with Gasteiger partial charge in [0.1, 0.15) is 5.75 Å². The lowest BCUT2D eigenvalue weighted by Gasteiger charge is -2.13. The van der Waals surface area contributed by atoms with Crippen molar-refractivity contribution in [3.8, 4) is 5.75 Å². The number of halogens is 1. The molecule has 1 saturated carbocycles. The molecule has 1 aromatic rings. The lowest BCUT2D eigenvalue weighted by Crippen LogP contribution is -2.12. The van der Waals surface area contributed by atoms with E-state index in [0.29, 0.717) is 5.02 Å². The number of phenolic OH excluding ortho intramolecular Hbond substituents is 1. The van der Waals surface area contributed by atoms with Gasteiger partial charge in [-0.25, -0.2) is 0 Å². The highest BCUT2D eigenvalue weighted by atomic mass is 35.5. The highest BCUT2D eigenvalue weighted by molar-refractivity contribution is 6.31. The van der Waals surface area contributed by atoms with E-state index in [-0.39, 0.29) is 17.8 Å². The first-order valence-electron chi connectivity index (χ1n) is 4.28. The highest BCUT2D eigenvalue weighted by Crippen LogP contribution is 2.50. The van der Waals surface area contributed by atoms with Crippen molar-refractivity contribution in [3.63, 3.8) is 0 Å². The minimum absolute atomic E-state index is 0.120. The molecule has 0 heterocycles. The van der Waals surface area contributed by atoms with E-state index < -0.39 is 0 Å². The Morgan fingerprint density at radius 3 is 2.54 bits per heavy atom.